The molecule has 8 heteroatoms. The average molecular weight is 372 g/mol. The number of amides is 1. The molecule has 0 aliphatic rings. The van der Waals surface area contributed by atoms with Gasteiger partial charge in [0.2, 0.25) is 5.91 Å². The minimum absolute atomic E-state index is 0.0682. The Hall–Kier alpha value is -2.44. The largest absolute Gasteiger partial charge is 0.506 e. The minimum Gasteiger partial charge on any atom is -0.506 e. The number of carbonyl (C=O) groups excluding carboxylic acids is 1. The molecule has 6 nitrogen and oxygen atoms in total. The number of rotatable bonds is 3. The number of carboxylic acids is 1. The van der Waals surface area contributed by atoms with Gasteiger partial charge in [0.15, 0.2) is 0 Å². The maximum atomic E-state index is 11.5. The molecule has 5 N–H and O–H groups in total. The van der Waals surface area contributed by atoms with Gasteiger partial charge in [0.1, 0.15) is 17.4 Å². The summed E-state index contributed by atoms with van der Waals surface area (Å²) < 4.78 is 0. The van der Waals surface area contributed by atoms with E-state index in [1.807, 2.05) is 0 Å². The maximum Gasteiger partial charge on any atom is 0.315 e. The molecule has 24 heavy (non-hydrogen) atoms. The van der Waals surface area contributed by atoms with E-state index >= 15 is 0 Å². The van der Waals surface area contributed by atoms with Gasteiger partial charge in [0.05, 0.1) is 10.0 Å². The molecule has 1 amide bonds. The monoisotopic (exact) mass is 371 g/mol. The van der Waals surface area contributed by atoms with Crippen LogP contribution in [0.2, 0.25) is 10.0 Å². The molecule has 0 unspecified atom stereocenters. The first-order valence-electron chi connectivity index (χ1n) is 6.59. The van der Waals surface area contributed by atoms with Gasteiger partial charge in [0.25, 0.3) is 0 Å². The van der Waals surface area contributed by atoms with Crippen molar-refractivity contribution in [1.29, 1.82) is 0 Å². The first kappa shape index (κ1) is 19.6. The van der Waals surface area contributed by atoms with Crippen LogP contribution >= 0.6 is 23.2 Å². The average Bonchev–Trinajstić information content (AvgIpc) is 2.46. The molecule has 0 aromatic heterocycles. The Balaban J connectivity index is 0.000000648. The molecule has 0 saturated heterocycles. The Morgan fingerprint density at radius 3 is 1.54 bits per heavy atom. The van der Waals surface area contributed by atoms with Gasteiger partial charge >= 0.3 is 5.97 Å². The molecule has 2 rings (SSSR count). The third-order valence-electron chi connectivity index (χ3n) is 2.86. The molecule has 0 bridgehead atoms. The molecule has 0 atom stereocenters. The second kappa shape index (κ2) is 8.42. The van der Waals surface area contributed by atoms with Crippen molar-refractivity contribution < 1.29 is 24.9 Å². The minimum atomic E-state index is -1.09. The molecular formula is C16H15Cl2NO5. The Kier molecular flexibility index (Phi) is 6.88. The summed E-state index contributed by atoms with van der Waals surface area (Å²) in [4.78, 5) is 20.7. The summed E-state index contributed by atoms with van der Waals surface area (Å²) in [5.74, 6) is -2.66. The number of primary amides is 1. The number of aliphatic carboxylic acids is 1. The number of halogens is 2. The zero-order valence-corrected chi connectivity index (χ0v) is 14.0. The Morgan fingerprint density at radius 2 is 1.29 bits per heavy atom. The summed E-state index contributed by atoms with van der Waals surface area (Å²) in [7, 11) is 0. The molecule has 0 spiro atoms. The van der Waals surface area contributed by atoms with E-state index in [0.29, 0.717) is 11.1 Å². The van der Waals surface area contributed by atoms with Crippen molar-refractivity contribution in [3.8, 4) is 11.5 Å². The van der Waals surface area contributed by atoms with Gasteiger partial charge in [-0.2, -0.15) is 0 Å². The second-order valence-electron chi connectivity index (χ2n) is 4.80. The molecule has 0 radical (unpaired) electrons. The van der Waals surface area contributed by atoms with Gasteiger partial charge in [-0.05, 0) is 35.4 Å². The van der Waals surface area contributed by atoms with Crippen LogP contribution in [0.25, 0.3) is 0 Å². The van der Waals surface area contributed by atoms with E-state index in [4.69, 9.17) is 23.2 Å². The SMILES string of the molecule is CC(N)=O.O=C(O)C(c1ccc(O)c(Cl)c1)c1ccc(O)c(Cl)c1. The lowest BCUT2D eigenvalue weighted by Crippen LogP contribution is -2.13. The van der Waals surface area contributed by atoms with Crippen LogP contribution in [0.3, 0.4) is 0 Å². The lowest BCUT2D eigenvalue weighted by atomic mass is 9.91. The number of nitrogens with two attached hydrogens (primary N) is 1. The smallest absolute Gasteiger partial charge is 0.315 e. The number of benzene rings is 2. The molecule has 0 fully saturated rings. The molecule has 0 aliphatic heterocycles. The fraction of sp³-hybridized carbons (Fsp3) is 0.125. The van der Waals surface area contributed by atoms with Crippen molar-refractivity contribution in [2.45, 2.75) is 12.8 Å². The summed E-state index contributed by atoms with van der Waals surface area (Å²) in [6.45, 7) is 1.31. The van der Waals surface area contributed by atoms with Crippen molar-refractivity contribution >= 4 is 35.1 Å². The first-order chi connectivity index (χ1) is 11.1. The zero-order valence-electron chi connectivity index (χ0n) is 12.5. The van der Waals surface area contributed by atoms with Crippen LogP contribution in [0.1, 0.15) is 24.0 Å². The Labute approximate surface area is 148 Å². The van der Waals surface area contributed by atoms with Crippen molar-refractivity contribution in [2.75, 3.05) is 0 Å². The summed E-state index contributed by atoms with van der Waals surface area (Å²) >= 11 is 11.6. The predicted molar refractivity (Wildman–Crippen MR) is 90.6 cm³/mol. The van der Waals surface area contributed by atoms with Crippen LogP contribution in [-0.4, -0.2) is 27.2 Å². The van der Waals surface area contributed by atoms with Crippen LogP contribution in [0.15, 0.2) is 36.4 Å². The molecule has 128 valence electrons. The topological polar surface area (TPSA) is 121 Å². The Bertz CT molecular complexity index is 709. The first-order valence-corrected chi connectivity index (χ1v) is 7.34. The van der Waals surface area contributed by atoms with Gasteiger partial charge in [-0.1, -0.05) is 35.3 Å². The van der Waals surface area contributed by atoms with Crippen molar-refractivity contribution in [3.63, 3.8) is 0 Å². The van der Waals surface area contributed by atoms with E-state index in [2.05, 4.69) is 5.73 Å². The van der Waals surface area contributed by atoms with Gasteiger partial charge in [-0.25, -0.2) is 0 Å². The normalized spacial score (nSPS) is 10.0. The van der Waals surface area contributed by atoms with E-state index in [9.17, 15) is 24.9 Å². The molecule has 0 aliphatic carbocycles. The van der Waals surface area contributed by atoms with E-state index in [0.717, 1.165) is 0 Å². The number of aromatic hydroxyl groups is 2. The lowest BCUT2D eigenvalue weighted by Gasteiger charge is -2.14. The zero-order chi connectivity index (χ0) is 18.4. The molecular weight excluding hydrogens is 357 g/mol. The number of hydrogen-bond donors (Lipinski definition) is 4. The molecule has 2 aromatic carbocycles. The number of carboxylic acid groups (broad SMARTS) is 1. The van der Waals surface area contributed by atoms with Gasteiger partial charge < -0.3 is 21.1 Å². The summed E-state index contributed by atoms with van der Waals surface area (Å²) in [5, 5.41) is 28.3. The molecule has 2 aromatic rings. The second-order valence-corrected chi connectivity index (χ2v) is 5.62. The fourth-order valence-electron chi connectivity index (χ4n) is 1.88. The highest BCUT2D eigenvalue weighted by Gasteiger charge is 2.23. The van der Waals surface area contributed by atoms with Crippen LogP contribution in [0.4, 0.5) is 0 Å². The standard InChI is InChI=1S/C14H10Cl2O4.C2H5NO/c15-9-5-7(1-3-11(9)17)13(14(19)20)8-2-4-12(18)10(16)6-8;1-2(3)4/h1-6,13,17-18H,(H,19,20);1H3,(H2,3,4). The number of phenols is 2. The quantitative estimate of drug-likeness (QED) is 0.660. The predicted octanol–water partition coefficient (Wildman–Crippen LogP) is 3.11. The van der Waals surface area contributed by atoms with Crippen LogP contribution in [0, 0.1) is 0 Å². The maximum absolute atomic E-state index is 11.5. The lowest BCUT2D eigenvalue weighted by molar-refractivity contribution is -0.137. The third kappa shape index (κ3) is 5.33. The highest BCUT2D eigenvalue weighted by molar-refractivity contribution is 6.32. The van der Waals surface area contributed by atoms with Crippen LogP contribution in [0.5, 0.6) is 11.5 Å². The number of carbonyl (C=O) groups is 2. The highest BCUT2D eigenvalue weighted by atomic mass is 35.5. The van der Waals surface area contributed by atoms with E-state index in [1.165, 1.54) is 43.3 Å². The molecule has 0 saturated carbocycles. The van der Waals surface area contributed by atoms with Crippen LogP contribution in [-0.2, 0) is 9.59 Å². The summed E-state index contributed by atoms with van der Waals surface area (Å²) in [6, 6.07) is 8.37. The molecule has 0 heterocycles. The number of hydrogen-bond acceptors (Lipinski definition) is 4. The number of phenolic OH excluding ortho intramolecular Hbond substituents is 2. The van der Waals surface area contributed by atoms with E-state index in [-0.39, 0.29) is 27.5 Å². The summed E-state index contributed by atoms with van der Waals surface area (Å²) in [6.07, 6.45) is 0. The summed E-state index contributed by atoms with van der Waals surface area (Å²) in [5.41, 5.74) is 5.28. The third-order valence-corrected chi connectivity index (χ3v) is 3.46. The van der Waals surface area contributed by atoms with Crippen molar-refractivity contribution in [3.05, 3.63) is 57.6 Å². The van der Waals surface area contributed by atoms with E-state index < -0.39 is 11.9 Å². The fourth-order valence-corrected chi connectivity index (χ4v) is 2.26. The highest BCUT2D eigenvalue weighted by Crippen LogP contribution is 2.34. The van der Waals surface area contributed by atoms with Crippen molar-refractivity contribution in [1.82, 2.24) is 0 Å². The van der Waals surface area contributed by atoms with Gasteiger partial charge in [-0.3, -0.25) is 9.59 Å². The Morgan fingerprint density at radius 1 is 0.958 bits per heavy atom. The van der Waals surface area contributed by atoms with Gasteiger partial charge in [0, 0.05) is 6.92 Å². The van der Waals surface area contributed by atoms with E-state index in [1.54, 1.807) is 0 Å². The van der Waals surface area contributed by atoms with Gasteiger partial charge in [-0.15, -0.1) is 0 Å². The van der Waals surface area contributed by atoms with Crippen LogP contribution < -0.4 is 5.73 Å². The van der Waals surface area contributed by atoms with Crippen molar-refractivity contribution in [2.24, 2.45) is 5.73 Å².